The Morgan fingerprint density at radius 2 is 1.53 bits per heavy atom. The van der Waals surface area contributed by atoms with Crippen molar-refractivity contribution in [2.45, 2.75) is 47.0 Å². The van der Waals surface area contributed by atoms with E-state index in [1.54, 1.807) is 0 Å². The van der Waals surface area contributed by atoms with Crippen molar-refractivity contribution in [3.63, 3.8) is 0 Å². The maximum atomic E-state index is 5.80. The quantitative estimate of drug-likeness (QED) is 0.743. The van der Waals surface area contributed by atoms with E-state index in [0.717, 1.165) is 5.56 Å². The highest BCUT2D eigenvalue weighted by atomic mass is 15.2. The fraction of sp³-hybridized carbons (Fsp3) is 0.750. The van der Waals surface area contributed by atoms with E-state index < -0.39 is 0 Å². The van der Waals surface area contributed by atoms with Crippen LogP contribution in [-0.4, -0.2) is 10.2 Å². The van der Waals surface area contributed by atoms with E-state index in [9.17, 15) is 0 Å². The van der Waals surface area contributed by atoms with Crippen LogP contribution in [0.5, 0.6) is 0 Å². The summed E-state index contributed by atoms with van der Waals surface area (Å²) in [5.74, 6) is 0.629. The zero-order chi connectivity index (χ0) is 11.6. The van der Waals surface area contributed by atoms with E-state index in [4.69, 9.17) is 5.73 Å². The van der Waals surface area contributed by atoms with Crippen molar-refractivity contribution < 1.29 is 0 Å². The normalized spacial score (nSPS) is 25.2. The number of H-pyrrole nitrogens is 1. The van der Waals surface area contributed by atoms with Crippen LogP contribution in [0.3, 0.4) is 0 Å². The number of hydrogen-bond donors (Lipinski definition) is 2. The van der Waals surface area contributed by atoms with Crippen LogP contribution in [0.2, 0.25) is 0 Å². The van der Waals surface area contributed by atoms with Crippen molar-refractivity contribution >= 4 is 5.82 Å². The lowest BCUT2D eigenvalue weighted by Gasteiger charge is -2.14. The minimum atomic E-state index is 0.148. The molecule has 1 heterocycles. The minimum absolute atomic E-state index is 0.148. The molecule has 84 valence electrons. The highest BCUT2D eigenvalue weighted by Crippen LogP contribution is 2.77. The first-order valence-electron chi connectivity index (χ1n) is 5.49. The van der Waals surface area contributed by atoms with Gasteiger partial charge in [0, 0.05) is 16.7 Å². The SMILES string of the molecule is Cc1c(N)n[nH]c1C1(C)C(C)(C)C1(C)C. The predicted molar refractivity (Wildman–Crippen MR) is 62.7 cm³/mol. The molecule has 15 heavy (non-hydrogen) atoms. The molecular weight excluding hydrogens is 186 g/mol. The van der Waals surface area contributed by atoms with Gasteiger partial charge in [-0.3, -0.25) is 5.10 Å². The van der Waals surface area contributed by atoms with E-state index >= 15 is 0 Å². The van der Waals surface area contributed by atoms with E-state index in [1.807, 2.05) is 6.92 Å². The van der Waals surface area contributed by atoms with Gasteiger partial charge in [0.05, 0.1) is 0 Å². The Morgan fingerprint density at radius 3 is 1.80 bits per heavy atom. The van der Waals surface area contributed by atoms with Crippen molar-refractivity contribution in [3.8, 4) is 0 Å². The fourth-order valence-corrected chi connectivity index (χ4v) is 3.12. The van der Waals surface area contributed by atoms with Gasteiger partial charge in [0.25, 0.3) is 0 Å². The van der Waals surface area contributed by atoms with Crippen molar-refractivity contribution in [2.75, 3.05) is 5.73 Å². The van der Waals surface area contributed by atoms with Crippen LogP contribution in [0.15, 0.2) is 0 Å². The van der Waals surface area contributed by atoms with Gasteiger partial charge in [-0.15, -0.1) is 0 Å². The van der Waals surface area contributed by atoms with E-state index in [0.29, 0.717) is 5.82 Å². The maximum Gasteiger partial charge on any atom is 0.148 e. The Morgan fingerprint density at radius 1 is 1.07 bits per heavy atom. The number of anilines is 1. The number of nitrogen functional groups attached to an aromatic ring is 1. The number of nitrogens with two attached hydrogens (primary N) is 1. The molecule has 1 aromatic heterocycles. The molecule has 1 aliphatic carbocycles. The van der Waals surface area contributed by atoms with Crippen molar-refractivity contribution in [1.29, 1.82) is 0 Å². The van der Waals surface area contributed by atoms with Crippen LogP contribution in [0.1, 0.15) is 45.9 Å². The zero-order valence-electron chi connectivity index (χ0n) is 10.5. The molecule has 0 amide bonds. The van der Waals surface area contributed by atoms with Crippen LogP contribution >= 0.6 is 0 Å². The topological polar surface area (TPSA) is 54.7 Å². The standard InChI is InChI=1S/C12H21N3/c1-7-8(14-15-9(7)13)12(6)10(2,3)11(12,4)5/h1-6H3,(H3,13,14,15). The molecule has 0 aromatic carbocycles. The van der Waals surface area contributed by atoms with Gasteiger partial charge < -0.3 is 5.73 Å². The number of nitrogens with zero attached hydrogens (tertiary/aromatic N) is 1. The van der Waals surface area contributed by atoms with Crippen LogP contribution in [0, 0.1) is 17.8 Å². The van der Waals surface area contributed by atoms with Gasteiger partial charge in [0.15, 0.2) is 0 Å². The van der Waals surface area contributed by atoms with Gasteiger partial charge in [-0.1, -0.05) is 34.6 Å². The Kier molecular flexibility index (Phi) is 1.68. The van der Waals surface area contributed by atoms with Crippen molar-refractivity contribution in [2.24, 2.45) is 10.8 Å². The van der Waals surface area contributed by atoms with Crippen LogP contribution in [-0.2, 0) is 5.41 Å². The lowest BCUT2D eigenvalue weighted by molar-refractivity contribution is 0.457. The smallest absolute Gasteiger partial charge is 0.148 e. The number of aromatic nitrogens is 2. The van der Waals surface area contributed by atoms with E-state index in [-0.39, 0.29) is 16.2 Å². The molecule has 3 nitrogen and oxygen atoms in total. The highest BCUT2D eigenvalue weighted by molar-refractivity contribution is 5.50. The van der Waals surface area contributed by atoms with Gasteiger partial charge in [0.2, 0.25) is 0 Å². The summed E-state index contributed by atoms with van der Waals surface area (Å²) in [7, 11) is 0. The summed E-state index contributed by atoms with van der Waals surface area (Å²) in [5, 5.41) is 7.22. The summed E-state index contributed by atoms with van der Waals surface area (Å²) >= 11 is 0. The molecule has 2 rings (SSSR count). The average molecular weight is 207 g/mol. The summed E-state index contributed by atoms with van der Waals surface area (Å²) in [6.07, 6.45) is 0. The first-order valence-corrected chi connectivity index (χ1v) is 5.49. The van der Waals surface area contributed by atoms with Crippen LogP contribution in [0.4, 0.5) is 5.82 Å². The number of rotatable bonds is 1. The molecule has 1 aliphatic rings. The molecule has 1 aromatic rings. The van der Waals surface area contributed by atoms with Crippen LogP contribution < -0.4 is 5.73 Å². The molecule has 0 unspecified atom stereocenters. The van der Waals surface area contributed by atoms with Crippen LogP contribution in [0.25, 0.3) is 0 Å². The Labute approximate surface area is 91.4 Å². The third-order valence-corrected chi connectivity index (χ3v) is 5.55. The second kappa shape index (κ2) is 2.39. The minimum Gasteiger partial charge on any atom is -0.382 e. The molecule has 1 saturated carbocycles. The van der Waals surface area contributed by atoms with Crippen molar-refractivity contribution in [1.82, 2.24) is 10.2 Å². The van der Waals surface area contributed by atoms with Gasteiger partial charge in [-0.25, -0.2) is 0 Å². The Bertz CT molecular complexity index is 399. The first-order chi connectivity index (χ1) is 6.68. The third-order valence-electron chi connectivity index (χ3n) is 5.55. The predicted octanol–water partition coefficient (Wildman–Crippen LogP) is 2.62. The molecule has 0 atom stereocenters. The molecule has 3 heteroatoms. The molecule has 0 bridgehead atoms. The molecular formula is C12H21N3. The molecule has 1 fully saturated rings. The largest absolute Gasteiger partial charge is 0.382 e. The Hall–Kier alpha value is -0.990. The first kappa shape index (κ1) is 10.5. The second-order valence-corrected chi connectivity index (χ2v) is 5.98. The van der Waals surface area contributed by atoms with Crippen molar-refractivity contribution in [3.05, 3.63) is 11.3 Å². The molecule has 0 saturated heterocycles. The number of nitrogens with one attached hydrogen (secondary N) is 1. The summed E-state index contributed by atoms with van der Waals surface area (Å²) < 4.78 is 0. The average Bonchev–Trinajstić information content (AvgIpc) is 2.45. The number of hydrogen-bond acceptors (Lipinski definition) is 2. The molecule has 0 spiro atoms. The summed E-state index contributed by atoms with van der Waals surface area (Å²) in [6, 6.07) is 0. The van der Waals surface area contributed by atoms with E-state index in [1.165, 1.54) is 5.69 Å². The number of aromatic amines is 1. The maximum absolute atomic E-state index is 5.80. The van der Waals surface area contributed by atoms with Gasteiger partial charge in [-0.05, 0) is 17.8 Å². The lowest BCUT2D eigenvalue weighted by Crippen LogP contribution is -2.13. The summed E-state index contributed by atoms with van der Waals surface area (Å²) in [6.45, 7) is 13.6. The second-order valence-electron chi connectivity index (χ2n) is 5.98. The highest BCUT2D eigenvalue weighted by Gasteiger charge is 2.75. The zero-order valence-corrected chi connectivity index (χ0v) is 10.5. The van der Waals surface area contributed by atoms with Gasteiger partial charge in [-0.2, -0.15) is 5.10 Å². The summed E-state index contributed by atoms with van der Waals surface area (Å²) in [5.41, 5.74) is 8.82. The van der Waals surface area contributed by atoms with Gasteiger partial charge in [0.1, 0.15) is 5.82 Å². The lowest BCUT2D eigenvalue weighted by atomic mass is 9.91. The Balaban J connectivity index is 2.56. The molecule has 0 aliphatic heterocycles. The fourth-order valence-electron chi connectivity index (χ4n) is 3.12. The third kappa shape index (κ3) is 0.853. The monoisotopic (exact) mass is 207 g/mol. The molecule has 3 N–H and O–H groups in total. The summed E-state index contributed by atoms with van der Waals surface area (Å²) in [4.78, 5) is 0. The van der Waals surface area contributed by atoms with Gasteiger partial charge >= 0.3 is 0 Å². The van der Waals surface area contributed by atoms with E-state index in [2.05, 4.69) is 44.8 Å². The molecule has 0 radical (unpaired) electrons.